The Hall–Kier alpha value is -0.740. The van der Waals surface area contributed by atoms with Crippen LogP contribution in [0.1, 0.15) is 20.3 Å². The summed E-state index contributed by atoms with van der Waals surface area (Å²) in [6, 6.07) is 6.55. The van der Waals surface area contributed by atoms with Gasteiger partial charge in [-0.2, -0.15) is 0 Å². The number of nitrogens with one attached hydrogen (secondary N) is 1. The van der Waals surface area contributed by atoms with Crippen molar-refractivity contribution in [3.8, 4) is 0 Å². The second kappa shape index (κ2) is 4.74. The number of aliphatic hydroxyl groups excluding tert-OH is 1. The third-order valence-corrected chi connectivity index (χ3v) is 4.48. The lowest BCUT2D eigenvalue weighted by Gasteiger charge is -2.50. The van der Waals surface area contributed by atoms with E-state index in [-0.39, 0.29) is 11.5 Å². The van der Waals surface area contributed by atoms with E-state index < -0.39 is 0 Å². The maximum atomic E-state index is 9.80. The van der Waals surface area contributed by atoms with Crippen molar-refractivity contribution < 1.29 is 5.11 Å². The first kappa shape index (κ1) is 13.7. The third-order valence-electron chi connectivity index (χ3n) is 3.99. The van der Waals surface area contributed by atoms with E-state index in [2.05, 4.69) is 52.1 Å². The molecule has 1 aliphatic rings. The Morgan fingerprint density at radius 1 is 1.39 bits per heavy atom. The minimum atomic E-state index is -0.204. The van der Waals surface area contributed by atoms with Crippen molar-refractivity contribution in [2.45, 2.75) is 32.4 Å². The number of nitrogens with zero attached hydrogens (tertiary/aromatic N) is 1. The van der Waals surface area contributed by atoms with Crippen molar-refractivity contribution in [2.75, 3.05) is 24.3 Å². The molecule has 2 rings (SSSR count). The highest BCUT2D eigenvalue weighted by atomic mass is 79.9. The van der Waals surface area contributed by atoms with E-state index in [0.717, 1.165) is 22.3 Å². The van der Waals surface area contributed by atoms with Gasteiger partial charge in [0.1, 0.15) is 0 Å². The van der Waals surface area contributed by atoms with Crippen LogP contribution in [0.5, 0.6) is 0 Å². The van der Waals surface area contributed by atoms with E-state index in [0.29, 0.717) is 6.04 Å². The molecule has 100 valence electrons. The van der Waals surface area contributed by atoms with Gasteiger partial charge in [0.25, 0.3) is 0 Å². The zero-order valence-electron chi connectivity index (χ0n) is 11.4. The van der Waals surface area contributed by atoms with Gasteiger partial charge in [-0.15, -0.1) is 0 Å². The molecule has 2 N–H and O–H groups in total. The maximum Gasteiger partial charge on any atom is 0.0630 e. The number of hydrogen-bond acceptors (Lipinski definition) is 3. The van der Waals surface area contributed by atoms with Gasteiger partial charge in [-0.3, -0.25) is 0 Å². The van der Waals surface area contributed by atoms with Crippen LogP contribution in [0.2, 0.25) is 0 Å². The summed E-state index contributed by atoms with van der Waals surface area (Å²) in [7, 11) is 4.07. The van der Waals surface area contributed by atoms with Gasteiger partial charge >= 0.3 is 0 Å². The Balaban J connectivity index is 2.21. The van der Waals surface area contributed by atoms with E-state index in [9.17, 15) is 5.11 Å². The summed E-state index contributed by atoms with van der Waals surface area (Å²) in [5, 5.41) is 13.4. The predicted molar refractivity (Wildman–Crippen MR) is 80.3 cm³/mol. The second-order valence-electron chi connectivity index (χ2n) is 5.83. The summed E-state index contributed by atoms with van der Waals surface area (Å²) in [6.45, 7) is 4.21. The van der Waals surface area contributed by atoms with Crippen molar-refractivity contribution in [2.24, 2.45) is 5.41 Å². The van der Waals surface area contributed by atoms with Crippen molar-refractivity contribution >= 4 is 27.3 Å². The smallest absolute Gasteiger partial charge is 0.0630 e. The highest BCUT2D eigenvalue weighted by Gasteiger charge is 2.47. The quantitative estimate of drug-likeness (QED) is 0.900. The molecule has 18 heavy (non-hydrogen) atoms. The fraction of sp³-hybridized carbons (Fsp3) is 0.571. The Bertz CT molecular complexity index is 445. The molecule has 1 aromatic carbocycles. The summed E-state index contributed by atoms with van der Waals surface area (Å²) in [6.07, 6.45) is 0.608. The van der Waals surface area contributed by atoms with Crippen molar-refractivity contribution in [1.82, 2.24) is 0 Å². The van der Waals surface area contributed by atoms with Crippen LogP contribution in [0, 0.1) is 5.41 Å². The van der Waals surface area contributed by atoms with E-state index in [1.165, 1.54) is 0 Å². The monoisotopic (exact) mass is 312 g/mol. The molecular weight excluding hydrogens is 292 g/mol. The number of hydrogen-bond donors (Lipinski definition) is 2. The van der Waals surface area contributed by atoms with Crippen molar-refractivity contribution in [3.05, 3.63) is 22.7 Å². The van der Waals surface area contributed by atoms with Crippen molar-refractivity contribution in [1.29, 1.82) is 0 Å². The molecule has 0 radical (unpaired) electrons. The van der Waals surface area contributed by atoms with Gasteiger partial charge in [-0.1, -0.05) is 29.8 Å². The summed E-state index contributed by atoms with van der Waals surface area (Å²) < 4.78 is 1.06. The van der Waals surface area contributed by atoms with Gasteiger partial charge in [-0.05, 0) is 24.6 Å². The Kier molecular flexibility index (Phi) is 3.60. The Morgan fingerprint density at radius 2 is 2.06 bits per heavy atom. The SMILES string of the molecule is CN(C)c1ccc(Br)cc1NC1CC(O)C1(C)C. The van der Waals surface area contributed by atoms with E-state index >= 15 is 0 Å². The largest absolute Gasteiger partial charge is 0.392 e. The molecule has 2 atom stereocenters. The molecular formula is C14H21BrN2O. The van der Waals surface area contributed by atoms with Crippen molar-refractivity contribution in [3.63, 3.8) is 0 Å². The Morgan fingerprint density at radius 3 is 2.56 bits per heavy atom. The van der Waals surface area contributed by atoms with Crippen LogP contribution in [-0.2, 0) is 0 Å². The van der Waals surface area contributed by atoms with Gasteiger partial charge in [-0.25, -0.2) is 0 Å². The van der Waals surface area contributed by atoms with Gasteiger partial charge < -0.3 is 15.3 Å². The average Bonchev–Trinajstić information content (AvgIpc) is 2.28. The molecule has 1 saturated carbocycles. The topological polar surface area (TPSA) is 35.5 Å². The van der Waals surface area contributed by atoms with Gasteiger partial charge in [0.05, 0.1) is 17.5 Å². The van der Waals surface area contributed by atoms with Crippen LogP contribution in [0.25, 0.3) is 0 Å². The zero-order valence-corrected chi connectivity index (χ0v) is 13.0. The number of anilines is 2. The van der Waals surface area contributed by atoms with Crippen LogP contribution >= 0.6 is 15.9 Å². The summed E-state index contributed by atoms with van der Waals surface area (Å²) in [5.41, 5.74) is 2.21. The van der Waals surface area contributed by atoms with Gasteiger partial charge in [0.15, 0.2) is 0 Å². The molecule has 0 bridgehead atoms. The molecule has 1 aromatic rings. The number of halogens is 1. The lowest BCUT2D eigenvalue weighted by molar-refractivity contribution is -0.0510. The highest BCUT2D eigenvalue weighted by Crippen LogP contribution is 2.43. The fourth-order valence-electron chi connectivity index (χ4n) is 2.35. The molecule has 2 unspecified atom stereocenters. The van der Waals surface area contributed by atoms with Crippen LogP contribution in [0.3, 0.4) is 0 Å². The zero-order chi connectivity index (χ0) is 13.5. The Labute approximate surface area is 117 Å². The molecule has 0 spiro atoms. The molecule has 1 aliphatic carbocycles. The molecule has 0 saturated heterocycles. The number of aliphatic hydroxyl groups is 1. The molecule has 1 fully saturated rings. The molecule has 0 amide bonds. The predicted octanol–water partition coefficient (Wildman–Crippen LogP) is 3.09. The molecule has 3 nitrogen and oxygen atoms in total. The lowest BCUT2D eigenvalue weighted by atomic mass is 9.64. The maximum absolute atomic E-state index is 9.80. The first-order valence-electron chi connectivity index (χ1n) is 6.24. The highest BCUT2D eigenvalue weighted by molar-refractivity contribution is 9.10. The van der Waals surface area contributed by atoms with Crippen LogP contribution in [0.15, 0.2) is 22.7 Å². The first-order valence-corrected chi connectivity index (χ1v) is 7.03. The van der Waals surface area contributed by atoms with Gasteiger partial charge in [0.2, 0.25) is 0 Å². The van der Waals surface area contributed by atoms with E-state index in [1.807, 2.05) is 20.2 Å². The summed E-state index contributed by atoms with van der Waals surface area (Å²) in [5.74, 6) is 0. The first-order chi connectivity index (χ1) is 8.32. The van der Waals surface area contributed by atoms with Crippen LogP contribution in [-0.4, -0.2) is 31.3 Å². The third kappa shape index (κ3) is 2.36. The van der Waals surface area contributed by atoms with Gasteiger partial charge in [0, 0.05) is 30.0 Å². The molecule has 4 heteroatoms. The average molecular weight is 313 g/mol. The minimum Gasteiger partial charge on any atom is -0.392 e. The lowest BCUT2D eigenvalue weighted by Crippen LogP contribution is -2.57. The number of rotatable bonds is 3. The second-order valence-corrected chi connectivity index (χ2v) is 6.74. The van der Waals surface area contributed by atoms with Crippen LogP contribution < -0.4 is 10.2 Å². The molecule has 0 aliphatic heterocycles. The number of benzene rings is 1. The molecule has 0 heterocycles. The standard InChI is InChI=1S/C14H21BrN2O/c1-14(2)12(8-13(14)18)16-10-7-9(15)5-6-11(10)17(3)4/h5-7,12-13,16,18H,8H2,1-4H3. The normalized spacial score (nSPS) is 25.4. The fourth-order valence-corrected chi connectivity index (χ4v) is 2.71. The van der Waals surface area contributed by atoms with E-state index in [4.69, 9.17) is 0 Å². The van der Waals surface area contributed by atoms with Crippen LogP contribution in [0.4, 0.5) is 11.4 Å². The molecule has 0 aromatic heterocycles. The minimum absolute atomic E-state index is 0.0636. The van der Waals surface area contributed by atoms with E-state index in [1.54, 1.807) is 0 Å². The summed E-state index contributed by atoms with van der Waals surface area (Å²) in [4.78, 5) is 2.09. The summed E-state index contributed by atoms with van der Waals surface area (Å²) >= 11 is 3.51.